The maximum atomic E-state index is 12.5. The molecular formula is C7H4ClF4. The lowest BCUT2D eigenvalue weighted by Crippen LogP contribution is -2.16. The Balaban J connectivity index is 2.91. The van der Waals surface area contributed by atoms with Gasteiger partial charge >= 0.3 is 6.18 Å². The van der Waals surface area contributed by atoms with Crippen LogP contribution in [0, 0.1) is 6.42 Å². The van der Waals surface area contributed by atoms with E-state index in [-0.39, 0.29) is 5.03 Å². The van der Waals surface area contributed by atoms with Crippen molar-refractivity contribution in [2.45, 2.75) is 12.3 Å². The van der Waals surface area contributed by atoms with Gasteiger partial charge in [-0.1, -0.05) is 11.6 Å². The molecule has 0 bridgehead atoms. The first-order valence-electron chi connectivity index (χ1n) is 3.05. The number of rotatable bonds is 0. The first-order valence-corrected chi connectivity index (χ1v) is 3.42. The fourth-order valence-electron chi connectivity index (χ4n) is 0.793. The minimum absolute atomic E-state index is 0.225. The van der Waals surface area contributed by atoms with Crippen LogP contribution in [0.4, 0.5) is 17.6 Å². The van der Waals surface area contributed by atoms with Gasteiger partial charge in [-0.3, -0.25) is 0 Å². The minimum atomic E-state index is -4.53. The molecule has 67 valence electrons. The zero-order valence-corrected chi connectivity index (χ0v) is 6.46. The summed E-state index contributed by atoms with van der Waals surface area (Å²) in [6, 6.07) is 0. The van der Waals surface area contributed by atoms with E-state index in [1.54, 1.807) is 0 Å². The molecule has 0 saturated heterocycles. The van der Waals surface area contributed by atoms with Gasteiger partial charge < -0.3 is 0 Å². The van der Waals surface area contributed by atoms with E-state index in [9.17, 15) is 17.6 Å². The van der Waals surface area contributed by atoms with Crippen LogP contribution < -0.4 is 0 Å². The molecule has 0 saturated carbocycles. The van der Waals surface area contributed by atoms with Crippen molar-refractivity contribution in [3.63, 3.8) is 0 Å². The molecule has 0 aromatic rings. The lowest BCUT2D eigenvalue weighted by atomic mass is 10.1. The lowest BCUT2D eigenvalue weighted by Gasteiger charge is -2.14. The molecule has 1 radical (unpaired) electrons. The van der Waals surface area contributed by atoms with Crippen molar-refractivity contribution >= 4 is 11.6 Å². The summed E-state index contributed by atoms with van der Waals surface area (Å²) in [7, 11) is 0. The second-order valence-electron chi connectivity index (χ2n) is 2.26. The van der Waals surface area contributed by atoms with Gasteiger partial charge in [0.2, 0.25) is 0 Å². The topological polar surface area (TPSA) is 0 Å². The van der Waals surface area contributed by atoms with Crippen LogP contribution in [0.1, 0.15) is 0 Å². The van der Waals surface area contributed by atoms with Gasteiger partial charge in [0.05, 0.1) is 5.57 Å². The van der Waals surface area contributed by atoms with Gasteiger partial charge in [0.1, 0.15) is 6.17 Å². The Morgan fingerprint density at radius 1 is 1.33 bits per heavy atom. The number of halogens is 5. The molecule has 5 heteroatoms. The summed E-state index contributed by atoms with van der Waals surface area (Å²) in [5.41, 5.74) is -1.04. The first kappa shape index (κ1) is 9.58. The molecule has 1 unspecified atom stereocenters. The molecule has 1 atom stereocenters. The summed E-state index contributed by atoms with van der Waals surface area (Å²) in [6.07, 6.45) is -4.21. The molecule has 0 fully saturated rings. The summed E-state index contributed by atoms with van der Waals surface area (Å²) in [5, 5.41) is -0.225. The van der Waals surface area contributed by atoms with E-state index in [1.807, 2.05) is 0 Å². The van der Waals surface area contributed by atoms with Crippen molar-refractivity contribution in [3.05, 3.63) is 29.2 Å². The predicted octanol–water partition coefficient (Wildman–Crippen LogP) is 3.15. The molecule has 0 amide bonds. The average Bonchev–Trinajstić information content (AvgIpc) is 1.82. The predicted molar refractivity (Wildman–Crippen MR) is 37.3 cm³/mol. The smallest absolute Gasteiger partial charge is 0.242 e. The summed E-state index contributed by atoms with van der Waals surface area (Å²) < 4.78 is 48.3. The van der Waals surface area contributed by atoms with Crippen LogP contribution in [0.3, 0.4) is 0 Å². The third-order valence-electron chi connectivity index (χ3n) is 1.28. The Labute approximate surface area is 71.5 Å². The third-order valence-corrected chi connectivity index (χ3v) is 1.51. The molecule has 0 N–H and O–H groups in total. The quantitative estimate of drug-likeness (QED) is 0.526. The molecule has 0 heterocycles. The fraction of sp³-hybridized carbons (Fsp3) is 0.286. The zero-order valence-electron chi connectivity index (χ0n) is 5.70. The summed E-state index contributed by atoms with van der Waals surface area (Å²) >= 11 is 5.24. The Kier molecular flexibility index (Phi) is 2.46. The highest BCUT2D eigenvalue weighted by Crippen LogP contribution is 2.33. The number of allylic oxidation sites excluding steroid dienone is 4. The molecule has 1 aliphatic carbocycles. The Morgan fingerprint density at radius 3 is 2.33 bits per heavy atom. The summed E-state index contributed by atoms with van der Waals surface area (Å²) in [5.74, 6) is 0. The highest BCUT2D eigenvalue weighted by Gasteiger charge is 2.34. The van der Waals surface area contributed by atoms with Crippen LogP contribution in [0.15, 0.2) is 22.8 Å². The highest BCUT2D eigenvalue weighted by atomic mass is 35.5. The van der Waals surface area contributed by atoms with Crippen LogP contribution in [0.2, 0.25) is 0 Å². The molecule has 1 aliphatic rings. The van der Waals surface area contributed by atoms with Crippen molar-refractivity contribution < 1.29 is 17.6 Å². The van der Waals surface area contributed by atoms with Gasteiger partial charge in [-0.15, -0.1) is 0 Å². The molecular weight excluding hydrogens is 196 g/mol. The van der Waals surface area contributed by atoms with Gasteiger partial charge in [0.25, 0.3) is 0 Å². The Morgan fingerprint density at radius 2 is 1.92 bits per heavy atom. The Bertz CT molecular complexity index is 238. The van der Waals surface area contributed by atoms with E-state index in [2.05, 4.69) is 0 Å². The minimum Gasteiger partial charge on any atom is -0.242 e. The van der Waals surface area contributed by atoms with Gasteiger partial charge in [0, 0.05) is 11.5 Å². The molecule has 0 nitrogen and oxygen atoms in total. The van der Waals surface area contributed by atoms with Gasteiger partial charge in [-0.2, -0.15) is 13.2 Å². The maximum absolute atomic E-state index is 12.5. The SMILES string of the molecule is FC1[CH]C(Cl)=CC(C(F)(F)F)=C1. The van der Waals surface area contributed by atoms with Crippen molar-refractivity contribution in [1.29, 1.82) is 0 Å². The van der Waals surface area contributed by atoms with E-state index in [0.717, 1.165) is 6.42 Å². The average molecular weight is 200 g/mol. The second kappa shape index (κ2) is 3.09. The van der Waals surface area contributed by atoms with Crippen LogP contribution in [-0.2, 0) is 0 Å². The molecule has 0 spiro atoms. The standard InChI is InChI=1S/C7H4ClF4/c8-5-1-4(7(10,11)12)2-6(9)3-5/h1-3,6H. The second-order valence-corrected chi connectivity index (χ2v) is 2.70. The van der Waals surface area contributed by atoms with Crippen molar-refractivity contribution in [2.24, 2.45) is 0 Å². The van der Waals surface area contributed by atoms with Crippen molar-refractivity contribution in [3.8, 4) is 0 Å². The van der Waals surface area contributed by atoms with Crippen LogP contribution in [0.5, 0.6) is 0 Å². The van der Waals surface area contributed by atoms with E-state index in [1.165, 1.54) is 0 Å². The fourth-order valence-corrected chi connectivity index (χ4v) is 1.03. The maximum Gasteiger partial charge on any atom is 0.416 e. The third kappa shape index (κ3) is 2.24. The summed E-state index contributed by atoms with van der Waals surface area (Å²) in [4.78, 5) is 0. The molecule has 1 rings (SSSR count). The lowest BCUT2D eigenvalue weighted by molar-refractivity contribution is -0.0889. The normalized spacial score (nSPS) is 24.9. The van der Waals surface area contributed by atoms with Crippen molar-refractivity contribution in [1.82, 2.24) is 0 Å². The van der Waals surface area contributed by atoms with E-state index in [0.29, 0.717) is 12.2 Å². The van der Waals surface area contributed by atoms with Crippen LogP contribution in [0.25, 0.3) is 0 Å². The molecule has 12 heavy (non-hydrogen) atoms. The number of alkyl halides is 4. The van der Waals surface area contributed by atoms with Crippen LogP contribution in [-0.4, -0.2) is 12.3 Å². The van der Waals surface area contributed by atoms with Gasteiger partial charge in [0.15, 0.2) is 0 Å². The largest absolute Gasteiger partial charge is 0.416 e. The van der Waals surface area contributed by atoms with Gasteiger partial charge in [-0.05, 0) is 12.2 Å². The van der Waals surface area contributed by atoms with Crippen molar-refractivity contribution in [2.75, 3.05) is 0 Å². The monoisotopic (exact) mass is 199 g/mol. The van der Waals surface area contributed by atoms with E-state index < -0.39 is 17.9 Å². The molecule has 0 aromatic carbocycles. The number of hydrogen-bond acceptors (Lipinski definition) is 0. The van der Waals surface area contributed by atoms with E-state index >= 15 is 0 Å². The van der Waals surface area contributed by atoms with Crippen LogP contribution >= 0.6 is 11.6 Å². The highest BCUT2D eigenvalue weighted by molar-refractivity contribution is 6.31. The van der Waals surface area contributed by atoms with E-state index in [4.69, 9.17) is 11.6 Å². The summed E-state index contributed by atoms with van der Waals surface area (Å²) in [6.45, 7) is 0. The Hall–Kier alpha value is -0.510. The molecule has 0 aromatic heterocycles. The first-order chi connectivity index (χ1) is 5.39. The van der Waals surface area contributed by atoms with Gasteiger partial charge in [-0.25, -0.2) is 4.39 Å². The zero-order chi connectivity index (χ0) is 9.35. The molecule has 0 aliphatic heterocycles. The number of hydrogen-bond donors (Lipinski definition) is 0.